The quantitative estimate of drug-likeness (QED) is 0.598. The summed E-state index contributed by atoms with van der Waals surface area (Å²) in [4.78, 5) is 0.103. The first-order valence-corrected chi connectivity index (χ1v) is 8.03. The third-order valence-corrected chi connectivity index (χ3v) is 4.74. The maximum atomic E-state index is 13.4. The van der Waals surface area contributed by atoms with Crippen molar-refractivity contribution >= 4 is 27.5 Å². The topological polar surface area (TPSA) is 9.23 Å². The van der Waals surface area contributed by atoms with Gasteiger partial charge in [-0.1, -0.05) is 45.7 Å². The van der Waals surface area contributed by atoms with Gasteiger partial charge in [-0.15, -0.1) is 0 Å². The number of methoxy groups -OCH3 is 1. The van der Waals surface area contributed by atoms with Gasteiger partial charge in [0, 0.05) is 9.85 Å². The molecule has 2 aromatic carbocycles. The fraction of sp³-hybridized carbons (Fsp3) is 0.294. The van der Waals surface area contributed by atoms with Crippen LogP contribution in [-0.4, -0.2) is 7.11 Å². The molecule has 2 rings (SSSR count). The number of rotatable bonds is 5. The van der Waals surface area contributed by atoms with E-state index in [1.165, 1.54) is 11.6 Å². The number of aryl methyl sites for hydroxylation is 2. The van der Waals surface area contributed by atoms with Crippen LogP contribution in [0.15, 0.2) is 36.4 Å². The van der Waals surface area contributed by atoms with Crippen LogP contribution in [0.2, 0.25) is 5.02 Å². The van der Waals surface area contributed by atoms with Crippen molar-refractivity contribution in [2.45, 2.75) is 24.6 Å². The maximum absolute atomic E-state index is 13.4. The van der Waals surface area contributed by atoms with Gasteiger partial charge < -0.3 is 4.74 Å². The summed E-state index contributed by atoms with van der Waals surface area (Å²) in [5.41, 5.74) is 2.78. The zero-order chi connectivity index (χ0) is 15.4. The predicted octanol–water partition coefficient (Wildman–Crippen LogP) is 5.86. The van der Waals surface area contributed by atoms with Gasteiger partial charge in [-0.3, -0.25) is 0 Å². The summed E-state index contributed by atoms with van der Waals surface area (Å²) in [5.74, 6) is 0.588. The molecule has 0 aliphatic heterocycles. The van der Waals surface area contributed by atoms with Crippen LogP contribution in [0.1, 0.15) is 27.9 Å². The standard InChI is InChI=1S/C17H17BrClFO/c1-11-9-14(16(19)10-17(11)20)15(18)8-5-12-3-6-13(21-2)7-4-12/h3-4,6-7,9-10,15H,5,8H2,1-2H3. The van der Waals surface area contributed by atoms with E-state index in [2.05, 4.69) is 28.1 Å². The molecule has 4 heteroatoms. The molecule has 0 aliphatic carbocycles. The molecule has 0 saturated carbocycles. The molecule has 0 aromatic heterocycles. The number of halogens is 3. The molecule has 0 saturated heterocycles. The SMILES string of the molecule is COc1ccc(CCC(Br)c2cc(C)c(F)cc2Cl)cc1. The van der Waals surface area contributed by atoms with E-state index in [-0.39, 0.29) is 10.6 Å². The van der Waals surface area contributed by atoms with Gasteiger partial charge in [0.15, 0.2) is 0 Å². The zero-order valence-electron chi connectivity index (χ0n) is 12.0. The van der Waals surface area contributed by atoms with E-state index in [1.54, 1.807) is 14.0 Å². The lowest BCUT2D eigenvalue weighted by molar-refractivity contribution is 0.414. The van der Waals surface area contributed by atoms with Crippen molar-refractivity contribution in [2.24, 2.45) is 0 Å². The van der Waals surface area contributed by atoms with Crippen LogP contribution in [0.25, 0.3) is 0 Å². The molecule has 1 unspecified atom stereocenters. The summed E-state index contributed by atoms with van der Waals surface area (Å²) in [5, 5.41) is 0.467. The van der Waals surface area contributed by atoms with Gasteiger partial charge >= 0.3 is 0 Å². The largest absolute Gasteiger partial charge is 0.497 e. The molecule has 1 atom stereocenters. The third-order valence-electron chi connectivity index (χ3n) is 3.46. The van der Waals surface area contributed by atoms with Gasteiger partial charge in [0.25, 0.3) is 0 Å². The molecule has 21 heavy (non-hydrogen) atoms. The fourth-order valence-corrected chi connectivity index (χ4v) is 3.18. The molecular formula is C17H17BrClFO. The molecule has 2 aromatic rings. The van der Waals surface area contributed by atoms with Gasteiger partial charge in [0.2, 0.25) is 0 Å². The Kier molecular flexibility index (Phi) is 5.65. The van der Waals surface area contributed by atoms with Gasteiger partial charge in [0.05, 0.1) is 7.11 Å². The molecule has 0 N–H and O–H groups in total. The molecule has 0 heterocycles. The lowest BCUT2D eigenvalue weighted by Gasteiger charge is -2.13. The van der Waals surface area contributed by atoms with Crippen LogP contribution in [0.5, 0.6) is 5.75 Å². The molecule has 0 bridgehead atoms. The Hall–Kier alpha value is -1.06. The lowest BCUT2D eigenvalue weighted by atomic mass is 10.0. The zero-order valence-corrected chi connectivity index (χ0v) is 14.3. The fourth-order valence-electron chi connectivity index (χ4n) is 2.16. The molecule has 1 nitrogen and oxygen atoms in total. The van der Waals surface area contributed by atoms with E-state index < -0.39 is 0 Å². The van der Waals surface area contributed by atoms with Gasteiger partial charge in [0.1, 0.15) is 11.6 Å². The van der Waals surface area contributed by atoms with E-state index in [4.69, 9.17) is 16.3 Å². The smallest absolute Gasteiger partial charge is 0.127 e. The molecule has 0 radical (unpaired) electrons. The number of hydrogen-bond acceptors (Lipinski definition) is 1. The monoisotopic (exact) mass is 370 g/mol. The van der Waals surface area contributed by atoms with Crippen molar-refractivity contribution in [3.8, 4) is 5.75 Å². The second kappa shape index (κ2) is 7.28. The molecule has 0 fully saturated rings. The van der Waals surface area contributed by atoms with E-state index in [9.17, 15) is 4.39 Å². The Bertz CT molecular complexity index is 613. The van der Waals surface area contributed by atoms with Crippen LogP contribution in [0.3, 0.4) is 0 Å². The van der Waals surface area contributed by atoms with Crippen LogP contribution >= 0.6 is 27.5 Å². The maximum Gasteiger partial charge on any atom is 0.127 e. The van der Waals surface area contributed by atoms with Crippen molar-refractivity contribution in [2.75, 3.05) is 7.11 Å². The minimum atomic E-state index is -0.265. The molecular weight excluding hydrogens is 355 g/mol. The summed E-state index contributed by atoms with van der Waals surface area (Å²) in [6.45, 7) is 1.75. The highest BCUT2D eigenvalue weighted by molar-refractivity contribution is 9.09. The van der Waals surface area contributed by atoms with E-state index >= 15 is 0 Å². The summed E-state index contributed by atoms with van der Waals surface area (Å²) < 4.78 is 18.6. The van der Waals surface area contributed by atoms with Crippen molar-refractivity contribution in [1.29, 1.82) is 0 Å². The van der Waals surface area contributed by atoms with Crippen molar-refractivity contribution in [3.63, 3.8) is 0 Å². The number of alkyl halides is 1. The minimum absolute atomic E-state index is 0.103. The Morgan fingerprint density at radius 3 is 2.52 bits per heavy atom. The molecule has 0 aliphatic rings. The first-order chi connectivity index (χ1) is 10.0. The first kappa shape index (κ1) is 16.3. The van der Waals surface area contributed by atoms with Crippen LogP contribution in [0.4, 0.5) is 4.39 Å². The average molecular weight is 372 g/mol. The second-order valence-electron chi connectivity index (χ2n) is 4.98. The normalized spacial score (nSPS) is 12.2. The highest BCUT2D eigenvalue weighted by Crippen LogP contribution is 2.34. The van der Waals surface area contributed by atoms with E-state index in [0.717, 1.165) is 24.2 Å². The van der Waals surface area contributed by atoms with Crippen LogP contribution in [-0.2, 0) is 6.42 Å². The number of hydrogen-bond donors (Lipinski definition) is 0. The van der Waals surface area contributed by atoms with Gasteiger partial charge in [-0.05, 0) is 54.7 Å². The average Bonchev–Trinajstić information content (AvgIpc) is 2.49. The molecule has 0 spiro atoms. The molecule has 0 amide bonds. The van der Waals surface area contributed by atoms with Crippen molar-refractivity contribution in [3.05, 3.63) is 63.9 Å². The minimum Gasteiger partial charge on any atom is -0.497 e. The van der Waals surface area contributed by atoms with E-state index in [0.29, 0.717) is 10.6 Å². The van der Waals surface area contributed by atoms with Crippen LogP contribution < -0.4 is 4.74 Å². The number of ether oxygens (including phenoxy) is 1. The molecule has 112 valence electrons. The lowest BCUT2D eigenvalue weighted by Crippen LogP contribution is -1.97. The summed E-state index contributed by atoms with van der Waals surface area (Å²) in [6.07, 6.45) is 1.80. The summed E-state index contributed by atoms with van der Waals surface area (Å²) in [7, 11) is 1.66. The van der Waals surface area contributed by atoms with Gasteiger partial charge in [-0.25, -0.2) is 4.39 Å². The van der Waals surface area contributed by atoms with Crippen molar-refractivity contribution in [1.82, 2.24) is 0 Å². The van der Waals surface area contributed by atoms with Gasteiger partial charge in [-0.2, -0.15) is 0 Å². The summed E-state index contributed by atoms with van der Waals surface area (Å²) >= 11 is 9.78. The van der Waals surface area contributed by atoms with Crippen molar-refractivity contribution < 1.29 is 9.13 Å². The highest BCUT2D eigenvalue weighted by atomic mass is 79.9. The Morgan fingerprint density at radius 1 is 1.24 bits per heavy atom. The number of benzene rings is 2. The Labute approximate surface area is 138 Å². The third kappa shape index (κ3) is 4.21. The second-order valence-corrected chi connectivity index (χ2v) is 6.49. The Balaban J connectivity index is 2.04. The van der Waals surface area contributed by atoms with Crippen LogP contribution in [0, 0.1) is 12.7 Å². The summed E-state index contributed by atoms with van der Waals surface area (Å²) in [6, 6.07) is 11.2. The first-order valence-electron chi connectivity index (χ1n) is 6.74. The highest BCUT2D eigenvalue weighted by Gasteiger charge is 2.14. The Morgan fingerprint density at radius 2 is 1.90 bits per heavy atom. The predicted molar refractivity (Wildman–Crippen MR) is 89.1 cm³/mol. The van der Waals surface area contributed by atoms with E-state index in [1.807, 2.05) is 18.2 Å².